The molecule has 38 heavy (non-hydrogen) atoms. The molecular formula is C28H31N3O7. The van der Waals surface area contributed by atoms with Crippen molar-refractivity contribution in [3.05, 3.63) is 71.2 Å². The molecule has 2 aliphatic heterocycles. The molecule has 1 aromatic heterocycles. The van der Waals surface area contributed by atoms with Gasteiger partial charge >= 0.3 is 11.9 Å². The van der Waals surface area contributed by atoms with E-state index in [-0.39, 0.29) is 30.1 Å². The average molecular weight is 522 g/mol. The number of aromatic nitrogens is 1. The predicted octanol–water partition coefficient (Wildman–Crippen LogP) is 2.42. The Labute approximate surface area is 220 Å². The zero-order chi connectivity index (χ0) is 27.6. The molecule has 1 saturated heterocycles. The summed E-state index contributed by atoms with van der Waals surface area (Å²) >= 11 is 0. The summed E-state index contributed by atoms with van der Waals surface area (Å²) in [4.78, 5) is 55.5. The van der Waals surface area contributed by atoms with Gasteiger partial charge in [-0.2, -0.15) is 0 Å². The van der Waals surface area contributed by atoms with E-state index in [9.17, 15) is 24.3 Å². The van der Waals surface area contributed by atoms with Crippen LogP contribution < -0.4 is 5.32 Å². The number of carbonyl (C=O) groups is 4. The summed E-state index contributed by atoms with van der Waals surface area (Å²) in [6.07, 6.45) is 1.05. The summed E-state index contributed by atoms with van der Waals surface area (Å²) < 4.78 is 10.3. The minimum Gasteiger partial charge on any atom is -0.427 e. The number of β-lactam (4-membered cyclic amide) rings is 1. The van der Waals surface area contributed by atoms with Crippen LogP contribution in [0.25, 0.3) is 5.57 Å². The van der Waals surface area contributed by atoms with Gasteiger partial charge in [0.1, 0.15) is 11.4 Å². The van der Waals surface area contributed by atoms with Crippen LogP contribution in [0.5, 0.6) is 0 Å². The number of rotatable bonds is 8. The van der Waals surface area contributed by atoms with Crippen molar-refractivity contribution in [2.45, 2.75) is 52.8 Å². The van der Waals surface area contributed by atoms with Gasteiger partial charge in [0.2, 0.25) is 12.7 Å². The van der Waals surface area contributed by atoms with Crippen LogP contribution in [-0.2, 0) is 30.4 Å². The van der Waals surface area contributed by atoms with Crippen molar-refractivity contribution in [3.8, 4) is 0 Å². The van der Waals surface area contributed by atoms with Gasteiger partial charge in [-0.1, -0.05) is 30.3 Å². The van der Waals surface area contributed by atoms with E-state index in [1.807, 2.05) is 12.1 Å². The summed E-state index contributed by atoms with van der Waals surface area (Å²) in [5, 5.41) is 12.9. The first kappa shape index (κ1) is 27.0. The van der Waals surface area contributed by atoms with Crippen LogP contribution in [0.4, 0.5) is 0 Å². The molecule has 2 amide bonds. The van der Waals surface area contributed by atoms with Gasteiger partial charge in [-0.05, 0) is 62.9 Å². The van der Waals surface area contributed by atoms with Gasteiger partial charge in [-0.3, -0.25) is 19.4 Å². The highest BCUT2D eigenvalue weighted by atomic mass is 16.7. The van der Waals surface area contributed by atoms with Crippen molar-refractivity contribution >= 4 is 29.3 Å². The molecule has 2 N–H and O–H groups in total. The summed E-state index contributed by atoms with van der Waals surface area (Å²) in [6, 6.07) is 12.0. The van der Waals surface area contributed by atoms with E-state index in [1.165, 1.54) is 4.90 Å². The SMILES string of the molecule is C[C@@H](O)[C@H]1C(=O)N2C(C(=O)OCOC(=O)C(C)(C)C)=C(c3ccc(CNC(=O)c4ccccn4)cc3)C[C@H]12. The molecule has 200 valence electrons. The van der Waals surface area contributed by atoms with E-state index in [4.69, 9.17) is 9.47 Å². The van der Waals surface area contributed by atoms with Crippen LogP contribution in [0.2, 0.25) is 0 Å². The number of ether oxygens (including phenoxy) is 2. The monoisotopic (exact) mass is 521 g/mol. The number of carbonyl (C=O) groups excluding carboxylic acids is 4. The molecule has 2 aliphatic rings. The lowest BCUT2D eigenvalue weighted by Gasteiger charge is -2.44. The number of nitrogens with one attached hydrogen (secondary N) is 1. The number of hydrogen-bond acceptors (Lipinski definition) is 8. The zero-order valence-electron chi connectivity index (χ0n) is 21.8. The normalized spacial score (nSPS) is 19.4. The molecule has 3 heterocycles. The Morgan fingerprint density at radius 1 is 1.13 bits per heavy atom. The number of pyridine rings is 1. The highest BCUT2D eigenvalue weighted by Crippen LogP contribution is 2.47. The number of hydrogen-bond donors (Lipinski definition) is 2. The van der Waals surface area contributed by atoms with Crippen molar-refractivity contribution in [3.63, 3.8) is 0 Å². The molecule has 10 heteroatoms. The van der Waals surface area contributed by atoms with E-state index in [1.54, 1.807) is 64.2 Å². The van der Waals surface area contributed by atoms with Crippen LogP contribution in [0.1, 0.15) is 55.7 Å². The second-order valence-electron chi connectivity index (χ2n) is 10.4. The van der Waals surface area contributed by atoms with Crippen molar-refractivity contribution < 1.29 is 33.8 Å². The van der Waals surface area contributed by atoms with Crippen LogP contribution in [0, 0.1) is 11.3 Å². The molecule has 0 radical (unpaired) electrons. The number of aliphatic hydroxyl groups excluding tert-OH is 1. The second-order valence-corrected chi connectivity index (χ2v) is 10.4. The first-order valence-electron chi connectivity index (χ1n) is 12.4. The number of benzene rings is 1. The van der Waals surface area contributed by atoms with Crippen LogP contribution in [0.15, 0.2) is 54.4 Å². The molecule has 3 atom stereocenters. The lowest BCUT2D eigenvalue weighted by molar-refractivity contribution is -0.175. The van der Waals surface area contributed by atoms with Gasteiger partial charge in [-0.25, -0.2) is 4.79 Å². The molecule has 0 aliphatic carbocycles. The van der Waals surface area contributed by atoms with Crippen LogP contribution in [-0.4, -0.2) is 57.7 Å². The fourth-order valence-corrected chi connectivity index (χ4v) is 4.53. The summed E-state index contributed by atoms with van der Waals surface area (Å²) in [5.74, 6) is -2.57. The largest absolute Gasteiger partial charge is 0.427 e. The third-order valence-electron chi connectivity index (χ3n) is 6.57. The lowest BCUT2D eigenvalue weighted by atomic mass is 9.82. The molecule has 4 rings (SSSR count). The quantitative estimate of drug-likeness (QED) is 0.307. The molecule has 2 aromatic rings. The Kier molecular flexibility index (Phi) is 7.63. The fourth-order valence-electron chi connectivity index (χ4n) is 4.53. The number of nitrogens with zero attached hydrogens (tertiary/aromatic N) is 2. The molecule has 0 spiro atoms. The molecule has 0 saturated carbocycles. The number of esters is 2. The molecule has 1 aromatic carbocycles. The number of amides is 2. The minimum absolute atomic E-state index is 0.0833. The van der Waals surface area contributed by atoms with Gasteiger partial charge in [0, 0.05) is 12.7 Å². The van der Waals surface area contributed by atoms with Crippen molar-refractivity contribution in [2.24, 2.45) is 11.3 Å². The van der Waals surface area contributed by atoms with Gasteiger partial charge in [0.05, 0.1) is 23.5 Å². The van der Waals surface area contributed by atoms with Crippen molar-refractivity contribution in [2.75, 3.05) is 6.79 Å². The minimum atomic E-state index is -0.863. The first-order chi connectivity index (χ1) is 18.0. The average Bonchev–Trinajstić information content (AvgIpc) is 3.22. The van der Waals surface area contributed by atoms with Crippen molar-refractivity contribution in [1.29, 1.82) is 0 Å². The summed E-state index contributed by atoms with van der Waals surface area (Å²) in [7, 11) is 0. The third-order valence-corrected chi connectivity index (χ3v) is 6.57. The molecular weight excluding hydrogens is 490 g/mol. The Morgan fingerprint density at radius 3 is 2.45 bits per heavy atom. The molecule has 0 bridgehead atoms. The summed E-state index contributed by atoms with van der Waals surface area (Å²) in [5.41, 5.74) is 1.78. The van der Waals surface area contributed by atoms with Crippen LogP contribution >= 0.6 is 0 Å². The zero-order valence-corrected chi connectivity index (χ0v) is 21.8. The second kappa shape index (κ2) is 10.7. The van der Waals surface area contributed by atoms with E-state index in [0.717, 1.165) is 5.56 Å². The highest BCUT2D eigenvalue weighted by Gasteiger charge is 2.57. The highest BCUT2D eigenvalue weighted by molar-refractivity contribution is 6.06. The molecule has 0 unspecified atom stereocenters. The standard InChI is InChI=1S/C28H31N3O7/c1-16(32)22-21-13-19(23(31(21)25(22)34)26(35)37-15-38-27(36)28(2,3)4)18-10-8-17(9-11-18)14-30-24(33)20-7-5-6-12-29-20/h5-12,16,21-22,32H,13-15H2,1-4H3,(H,30,33)/t16-,21-,22-/m1/s1. The lowest BCUT2D eigenvalue weighted by Crippen LogP contribution is -2.61. The van der Waals surface area contributed by atoms with Gasteiger partial charge < -0.3 is 24.8 Å². The number of fused-ring (bicyclic) bond motifs is 1. The van der Waals surface area contributed by atoms with E-state index in [2.05, 4.69) is 10.3 Å². The van der Waals surface area contributed by atoms with Crippen LogP contribution in [0.3, 0.4) is 0 Å². The van der Waals surface area contributed by atoms with E-state index < -0.39 is 36.2 Å². The van der Waals surface area contributed by atoms with Gasteiger partial charge in [-0.15, -0.1) is 0 Å². The Hall–Kier alpha value is -4.05. The Balaban J connectivity index is 1.50. The van der Waals surface area contributed by atoms with Gasteiger partial charge in [0.15, 0.2) is 0 Å². The van der Waals surface area contributed by atoms with Gasteiger partial charge in [0.25, 0.3) is 5.91 Å². The molecule has 10 nitrogen and oxygen atoms in total. The van der Waals surface area contributed by atoms with Crippen molar-refractivity contribution in [1.82, 2.24) is 15.2 Å². The first-order valence-corrected chi connectivity index (χ1v) is 12.4. The maximum Gasteiger partial charge on any atom is 0.358 e. The smallest absolute Gasteiger partial charge is 0.358 e. The number of aliphatic hydroxyl groups is 1. The fraction of sp³-hybridized carbons (Fsp3) is 0.393. The predicted molar refractivity (Wildman–Crippen MR) is 136 cm³/mol. The Morgan fingerprint density at radius 2 is 1.84 bits per heavy atom. The van der Waals surface area contributed by atoms with E-state index in [0.29, 0.717) is 23.3 Å². The topological polar surface area (TPSA) is 135 Å². The molecule has 1 fully saturated rings. The third kappa shape index (κ3) is 5.45. The summed E-state index contributed by atoms with van der Waals surface area (Å²) in [6.45, 7) is 6.30. The van der Waals surface area contributed by atoms with E-state index >= 15 is 0 Å². The maximum atomic E-state index is 13.1. The Bertz CT molecular complexity index is 1260. The maximum absolute atomic E-state index is 13.1.